The molecule has 0 atom stereocenters. The van der Waals surface area contributed by atoms with Crippen LogP contribution in [0.1, 0.15) is 0 Å². The molecule has 2 rings (SSSR count). The number of rotatable bonds is 2. The van der Waals surface area contributed by atoms with Crippen LogP contribution in [0.25, 0.3) is 11.3 Å². The minimum absolute atomic E-state index is 0.0919. The number of aromatic nitrogens is 1. The Morgan fingerprint density at radius 1 is 1.16 bits per heavy atom. The van der Waals surface area contributed by atoms with Crippen LogP contribution in [-0.4, -0.2) is 9.91 Å². The molecule has 0 aliphatic rings. The molecule has 1 aromatic heterocycles. The first kappa shape index (κ1) is 13.3. The number of nitrogens with zero attached hydrogens (tertiary/aromatic N) is 2. The highest BCUT2D eigenvalue weighted by atomic mass is 35.5. The summed E-state index contributed by atoms with van der Waals surface area (Å²) in [4.78, 5) is 13.7. The standard InChI is InChI=1S/C11H4ClF3N2O2/c12-9-2-1-8(17(18)19)11(16-9)5-3-6(13)10(15)7(14)4-5/h1-4H. The van der Waals surface area contributed by atoms with Crippen LogP contribution < -0.4 is 0 Å². The fraction of sp³-hybridized carbons (Fsp3) is 0. The lowest BCUT2D eigenvalue weighted by Crippen LogP contribution is -1.98. The summed E-state index contributed by atoms with van der Waals surface area (Å²) < 4.78 is 39.1. The summed E-state index contributed by atoms with van der Waals surface area (Å²) in [5.74, 6) is -4.59. The van der Waals surface area contributed by atoms with Crippen molar-refractivity contribution in [1.29, 1.82) is 0 Å². The quantitative estimate of drug-likeness (QED) is 0.366. The van der Waals surface area contributed by atoms with Gasteiger partial charge in [-0.3, -0.25) is 10.1 Å². The lowest BCUT2D eigenvalue weighted by atomic mass is 10.1. The van der Waals surface area contributed by atoms with Crippen LogP contribution in [0.4, 0.5) is 18.9 Å². The Morgan fingerprint density at radius 3 is 2.26 bits per heavy atom. The zero-order chi connectivity index (χ0) is 14.2. The molecule has 0 N–H and O–H groups in total. The molecule has 19 heavy (non-hydrogen) atoms. The minimum atomic E-state index is -1.66. The van der Waals surface area contributed by atoms with Gasteiger partial charge < -0.3 is 0 Å². The van der Waals surface area contributed by atoms with Gasteiger partial charge in [0.1, 0.15) is 10.8 Å². The van der Waals surface area contributed by atoms with Gasteiger partial charge >= 0.3 is 0 Å². The lowest BCUT2D eigenvalue weighted by molar-refractivity contribution is -0.384. The highest BCUT2D eigenvalue weighted by Gasteiger charge is 2.20. The summed E-state index contributed by atoms with van der Waals surface area (Å²) in [6.45, 7) is 0. The third kappa shape index (κ3) is 2.50. The molecule has 1 aromatic carbocycles. The minimum Gasteiger partial charge on any atom is -0.258 e. The Kier molecular flexibility index (Phi) is 3.39. The number of halogens is 4. The summed E-state index contributed by atoms with van der Waals surface area (Å²) >= 11 is 5.59. The van der Waals surface area contributed by atoms with E-state index in [4.69, 9.17) is 11.6 Å². The molecular weight excluding hydrogens is 285 g/mol. The molecule has 4 nitrogen and oxygen atoms in total. The number of hydrogen-bond acceptors (Lipinski definition) is 3. The summed E-state index contributed by atoms with van der Waals surface area (Å²) in [7, 11) is 0. The van der Waals surface area contributed by atoms with Crippen molar-refractivity contribution in [3.8, 4) is 11.3 Å². The van der Waals surface area contributed by atoms with Gasteiger partial charge in [0, 0.05) is 11.6 Å². The van der Waals surface area contributed by atoms with Crippen LogP contribution in [-0.2, 0) is 0 Å². The molecule has 0 unspecified atom stereocenters. The van der Waals surface area contributed by atoms with Crippen molar-refractivity contribution in [2.45, 2.75) is 0 Å². The molecule has 0 aliphatic heterocycles. The fourth-order valence-electron chi connectivity index (χ4n) is 1.48. The second-order valence-electron chi connectivity index (χ2n) is 3.51. The molecule has 0 amide bonds. The lowest BCUT2D eigenvalue weighted by Gasteiger charge is -2.04. The van der Waals surface area contributed by atoms with Crippen molar-refractivity contribution in [2.75, 3.05) is 0 Å². The van der Waals surface area contributed by atoms with Crippen molar-refractivity contribution in [1.82, 2.24) is 4.98 Å². The normalized spacial score (nSPS) is 10.5. The van der Waals surface area contributed by atoms with E-state index in [0.29, 0.717) is 12.1 Å². The van der Waals surface area contributed by atoms with Crippen LogP contribution in [0.3, 0.4) is 0 Å². The molecule has 98 valence electrons. The van der Waals surface area contributed by atoms with Gasteiger partial charge in [0.2, 0.25) is 0 Å². The molecule has 0 saturated heterocycles. The van der Waals surface area contributed by atoms with E-state index in [9.17, 15) is 23.3 Å². The topological polar surface area (TPSA) is 56.0 Å². The van der Waals surface area contributed by atoms with Gasteiger partial charge in [-0.2, -0.15) is 0 Å². The molecule has 0 aliphatic carbocycles. The van der Waals surface area contributed by atoms with Gasteiger partial charge in [-0.25, -0.2) is 18.2 Å². The van der Waals surface area contributed by atoms with Gasteiger partial charge in [0.05, 0.1) is 4.92 Å². The highest BCUT2D eigenvalue weighted by molar-refractivity contribution is 6.29. The molecule has 0 bridgehead atoms. The summed E-state index contributed by atoms with van der Waals surface area (Å²) in [5, 5.41) is 10.7. The van der Waals surface area contributed by atoms with Crippen molar-refractivity contribution in [2.24, 2.45) is 0 Å². The Morgan fingerprint density at radius 2 is 1.74 bits per heavy atom. The zero-order valence-electron chi connectivity index (χ0n) is 9.03. The van der Waals surface area contributed by atoms with E-state index >= 15 is 0 Å². The van der Waals surface area contributed by atoms with Gasteiger partial charge in [-0.1, -0.05) is 11.6 Å². The van der Waals surface area contributed by atoms with Crippen molar-refractivity contribution < 1.29 is 18.1 Å². The zero-order valence-corrected chi connectivity index (χ0v) is 9.79. The van der Waals surface area contributed by atoms with Gasteiger partial charge in [0.15, 0.2) is 17.5 Å². The molecule has 0 fully saturated rings. The third-order valence-electron chi connectivity index (χ3n) is 2.29. The Balaban J connectivity index is 2.71. The van der Waals surface area contributed by atoms with E-state index in [0.717, 1.165) is 6.07 Å². The molecule has 8 heteroatoms. The maximum absolute atomic E-state index is 13.1. The van der Waals surface area contributed by atoms with E-state index in [-0.39, 0.29) is 16.4 Å². The van der Waals surface area contributed by atoms with Crippen LogP contribution in [0.2, 0.25) is 5.15 Å². The average Bonchev–Trinajstić information content (AvgIpc) is 2.34. The first-order valence-corrected chi connectivity index (χ1v) is 5.24. The van der Waals surface area contributed by atoms with Crippen LogP contribution in [0, 0.1) is 27.6 Å². The van der Waals surface area contributed by atoms with Crippen LogP contribution in [0.5, 0.6) is 0 Å². The van der Waals surface area contributed by atoms with E-state index in [1.165, 1.54) is 6.07 Å². The second kappa shape index (κ2) is 4.85. The number of pyridine rings is 1. The molecular formula is C11H4ClF3N2O2. The Hall–Kier alpha value is -2.15. The Bertz CT molecular complexity index is 656. The summed E-state index contributed by atoms with van der Waals surface area (Å²) in [5.41, 5.74) is -1.10. The van der Waals surface area contributed by atoms with Gasteiger partial charge in [-0.15, -0.1) is 0 Å². The SMILES string of the molecule is O=[N+]([O-])c1ccc(Cl)nc1-c1cc(F)c(F)c(F)c1. The van der Waals surface area contributed by atoms with Gasteiger partial charge in [-0.05, 0) is 18.2 Å². The predicted molar refractivity (Wildman–Crippen MR) is 61.2 cm³/mol. The van der Waals surface area contributed by atoms with Crippen LogP contribution in [0.15, 0.2) is 24.3 Å². The van der Waals surface area contributed by atoms with E-state index in [1.807, 2.05) is 0 Å². The maximum atomic E-state index is 13.1. The van der Waals surface area contributed by atoms with Crippen molar-refractivity contribution >= 4 is 17.3 Å². The largest absolute Gasteiger partial charge is 0.295 e. The third-order valence-corrected chi connectivity index (χ3v) is 2.50. The molecule has 1 heterocycles. The first-order valence-electron chi connectivity index (χ1n) is 4.86. The second-order valence-corrected chi connectivity index (χ2v) is 3.90. The molecule has 0 spiro atoms. The van der Waals surface area contributed by atoms with E-state index in [2.05, 4.69) is 4.98 Å². The first-order chi connectivity index (χ1) is 8.90. The maximum Gasteiger partial charge on any atom is 0.295 e. The van der Waals surface area contributed by atoms with E-state index < -0.39 is 28.1 Å². The van der Waals surface area contributed by atoms with Crippen molar-refractivity contribution in [3.63, 3.8) is 0 Å². The smallest absolute Gasteiger partial charge is 0.258 e. The molecule has 2 aromatic rings. The fourth-order valence-corrected chi connectivity index (χ4v) is 1.63. The van der Waals surface area contributed by atoms with Crippen LogP contribution >= 0.6 is 11.6 Å². The van der Waals surface area contributed by atoms with E-state index in [1.54, 1.807) is 0 Å². The number of benzene rings is 1. The highest BCUT2D eigenvalue weighted by Crippen LogP contribution is 2.31. The average molecular weight is 289 g/mol. The molecule has 0 radical (unpaired) electrons. The predicted octanol–water partition coefficient (Wildman–Crippen LogP) is 3.73. The molecule has 0 saturated carbocycles. The number of nitro groups is 1. The summed E-state index contributed by atoms with van der Waals surface area (Å²) in [6.07, 6.45) is 0. The number of hydrogen-bond donors (Lipinski definition) is 0. The van der Waals surface area contributed by atoms with Crippen molar-refractivity contribution in [3.05, 3.63) is 57.0 Å². The monoisotopic (exact) mass is 288 g/mol. The summed E-state index contributed by atoms with van der Waals surface area (Å²) in [6, 6.07) is 3.44. The van der Waals surface area contributed by atoms with Gasteiger partial charge in [0.25, 0.3) is 5.69 Å². The Labute approximate surface area is 109 Å².